The third-order valence-corrected chi connectivity index (χ3v) is 3.90. The molecule has 0 radical (unpaired) electrons. The molecule has 78 valence electrons. The molecule has 2 heteroatoms. The highest BCUT2D eigenvalue weighted by Gasteiger charge is 2.34. The highest BCUT2D eigenvalue weighted by molar-refractivity contribution is 4.86. The van der Waals surface area contributed by atoms with Crippen molar-refractivity contribution in [3.05, 3.63) is 0 Å². The first-order valence-corrected chi connectivity index (χ1v) is 5.57. The molecule has 0 spiro atoms. The molecule has 1 fully saturated rings. The molecular weight excluding hydrogens is 162 g/mol. The van der Waals surface area contributed by atoms with Crippen LogP contribution in [0, 0.1) is 11.3 Å². The number of hydrogen-bond acceptors (Lipinski definition) is 2. The molecular formula is C11H23NO. The van der Waals surface area contributed by atoms with E-state index in [1.54, 1.807) is 0 Å². The van der Waals surface area contributed by atoms with Gasteiger partial charge < -0.3 is 10.5 Å². The fourth-order valence-electron chi connectivity index (χ4n) is 2.59. The number of ether oxygens (including phenoxy) is 1. The Balaban J connectivity index is 2.60. The van der Waals surface area contributed by atoms with Crippen LogP contribution in [0.25, 0.3) is 0 Å². The number of nitrogens with two attached hydrogens (primary N) is 1. The minimum Gasteiger partial charge on any atom is -0.381 e. The molecule has 0 aromatic rings. The van der Waals surface area contributed by atoms with Gasteiger partial charge >= 0.3 is 0 Å². The molecule has 1 aliphatic heterocycles. The fraction of sp³-hybridized carbons (Fsp3) is 1.00. The normalized spacial score (nSPS) is 20.5. The largest absolute Gasteiger partial charge is 0.381 e. The summed E-state index contributed by atoms with van der Waals surface area (Å²) < 4.78 is 5.39. The van der Waals surface area contributed by atoms with Gasteiger partial charge in [0.15, 0.2) is 0 Å². The molecule has 1 aliphatic rings. The van der Waals surface area contributed by atoms with E-state index in [1.165, 1.54) is 25.7 Å². The van der Waals surface area contributed by atoms with E-state index in [1.807, 2.05) is 0 Å². The van der Waals surface area contributed by atoms with Gasteiger partial charge in [-0.1, -0.05) is 13.8 Å². The minimum atomic E-state index is 0.393. The number of hydrogen-bond donors (Lipinski definition) is 1. The molecule has 0 saturated carbocycles. The molecule has 0 aromatic heterocycles. The van der Waals surface area contributed by atoms with Gasteiger partial charge in [0.1, 0.15) is 0 Å². The monoisotopic (exact) mass is 185 g/mol. The summed E-state index contributed by atoms with van der Waals surface area (Å²) in [6.45, 7) is 7.25. The maximum Gasteiger partial charge on any atom is 0.0468 e. The van der Waals surface area contributed by atoms with Crippen molar-refractivity contribution in [2.24, 2.45) is 17.1 Å². The molecule has 2 N–H and O–H groups in total. The fourth-order valence-corrected chi connectivity index (χ4v) is 2.59. The average molecular weight is 185 g/mol. The van der Waals surface area contributed by atoms with Gasteiger partial charge in [0.2, 0.25) is 0 Å². The van der Waals surface area contributed by atoms with E-state index in [0.29, 0.717) is 5.41 Å². The zero-order valence-corrected chi connectivity index (χ0v) is 9.01. The molecule has 0 bridgehead atoms. The van der Waals surface area contributed by atoms with E-state index < -0.39 is 0 Å². The molecule has 1 rings (SSSR count). The van der Waals surface area contributed by atoms with Crippen molar-refractivity contribution in [2.75, 3.05) is 19.8 Å². The Kier molecular flexibility index (Phi) is 4.20. The Bertz CT molecular complexity index is 129. The van der Waals surface area contributed by atoms with Crippen LogP contribution in [0.5, 0.6) is 0 Å². The summed E-state index contributed by atoms with van der Waals surface area (Å²) in [7, 11) is 0. The van der Waals surface area contributed by atoms with E-state index in [2.05, 4.69) is 13.8 Å². The van der Waals surface area contributed by atoms with Crippen molar-refractivity contribution in [1.29, 1.82) is 0 Å². The van der Waals surface area contributed by atoms with E-state index in [-0.39, 0.29) is 0 Å². The molecule has 13 heavy (non-hydrogen) atoms. The van der Waals surface area contributed by atoms with Crippen LogP contribution in [0.1, 0.15) is 39.5 Å². The summed E-state index contributed by atoms with van der Waals surface area (Å²) in [6, 6.07) is 0. The van der Waals surface area contributed by atoms with Crippen molar-refractivity contribution < 1.29 is 4.74 Å². The molecule has 0 aliphatic carbocycles. The number of rotatable bonds is 4. The zero-order valence-electron chi connectivity index (χ0n) is 9.01. The average Bonchev–Trinajstić information content (AvgIpc) is 2.23. The SMILES string of the molecule is CCC(CC)(CN)C1CCOCC1. The van der Waals surface area contributed by atoms with E-state index in [0.717, 1.165) is 25.7 Å². The molecule has 2 nitrogen and oxygen atoms in total. The first-order chi connectivity index (χ1) is 6.29. The predicted octanol–water partition coefficient (Wildman–Crippen LogP) is 2.18. The molecule has 0 atom stereocenters. The van der Waals surface area contributed by atoms with Crippen LogP contribution in [-0.4, -0.2) is 19.8 Å². The Morgan fingerprint density at radius 2 is 1.77 bits per heavy atom. The van der Waals surface area contributed by atoms with Crippen LogP contribution < -0.4 is 5.73 Å². The van der Waals surface area contributed by atoms with E-state index in [9.17, 15) is 0 Å². The van der Waals surface area contributed by atoms with Gasteiger partial charge in [-0.3, -0.25) is 0 Å². The van der Waals surface area contributed by atoms with E-state index >= 15 is 0 Å². The van der Waals surface area contributed by atoms with Gasteiger partial charge in [0.05, 0.1) is 0 Å². The molecule has 1 heterocycles. The first-order valence-electron chi connectivity index (χ1n) is 5.57. The zero-order chi connectivity index (χ0) is 9.73. The van der Waals surface area contributed by atoms with Gasteiger partial charge in [-0.15, -0.1) is 0 Å². The molecule has 0 unspecified atom stereocenters. The lowest BCUT2D eigenvalue weighted by Crippen LogP contribution is -2.39. The Morgan fingerprint density at radius 1 is 1.23 bits per heavy atom. The third kappa shape index (κ3) is 2.23. The maximum absolute atomic E-state index is 5.92. The van der Waals surface area contributed by atoms with Gasteiger partial charge in [-0.25, -0.2) is 0 Å². The summed E-state index contributed by atoms with van der Waals surface area (Å²) in [5, 5.41) is 0. The summed E-state index contributed by atoms with van der Waals surface area (Å²) in [4.78, 5) is 0. The van der Waals surface area contributed by atoms with Crippen LogP contribution in [0.3, 0.4) is 0 Å². The summed E-state index contributed by atoms with van der Waals surface area (Å²) in [6.07, 6.45) is 4.84. The second kappa shape index (κ2) is 4.97. The Labute approximate surface area is 81.8 Å². The van der Waals surface area contributed by atoms with Crippen molar-refractivity contribution >= 4 is 0 Å². The van der Waals surface area contributed by atoms with E-state index in [4.69, 9.17) is 10.5 Å². The second-order valence-electron chi connectivity index (χ2n) is 4.16. The summed E-state index contributed by atoms with van der Waals surface area (Å²) in [5.74, 6) is 0.793. The highest BCUT2D eigenvalue weighted by atomic mass is 16.5. The van der Waals surface area contributed by atoms with Crippen LogP contribution >= 0.6 is 0 Å². The predicted molar refractivity (Wildman–Crippen MR) is 55.6 cm³/mol. The lowest BCUT2D eigenvalue weighted by atomic mass is 9.68. The lowest BCUT2D eigenvalue weighted by Gasteiger charge is -2.40. The van der Waals surface area contributed by atoms with Crippen molar-refractivity contribution in [3.8, 4) is 0 Å². The Morgan fingerprint density at radius 3 is 2.15 bits per heavy atom. The Hall–Kier alpha value is -0.0800. The van der Waals surface area contributed by atoms with Crippen molar-refractivity contribution in [1.82, 2.24) is 0 Å². The quantitative estimate of drug-likeness (QED) is 0.728. The summed E-state index contributed by atoms with van der Waals surface area (Å²) in [5.41, 5.74) is 6.31. The molecule has 0 aromatic carbocycles. The van der Waals surface area contributed by atoms with Gasteiger partial charge in [-0.2, -0.15) is 0 Å². The molecule has 1 saturated heterocycles. The first kappa shape index (κ1) is 11.0. The second-order valence-corrected chi connectivity index (χ2v) is 4.16. The van der Waals surface area contributed by atoms with Crippen LogP contribution in [-0.2, 0) is 4.74 Å². The smallest absolute Gasteiger partial charge is 0.0468 e. The van der Waals surface area contributed by atoms with Crippen molar-refractivity contribution in [3.63, 3.8) is 0 Å². The van der Waals surface area contributed by atoms with Crippen LogP contribution in [0.15, 0.2) is 0 Å². The molecule has 0 amide bonds. The van der Waals surface area contributed by atoms with Crippen LogP contribution in [0.2, 0.25) is 0 Å². The topological polar surface area (TPSA) is 35.2 Å². The third-order valence-electron chi connectivity index (χ3n) is 3.90. The standard InChI is InChI=1S/C11H23NO/c1-3-11(4-2,9-12)10-5-7-13-8-6-10/h10H,3-9,12H2,1-2H3. The maximum atomic E-state index is 5.92. The van der Waals surface area contributed by atoms with Gasteiger partial charge in [0.25, 0.3) is 0 Å². The minimum absolute atomic E-state index is 0.393. The van der Waals surface area contributed by atoms with Gasteiger partial charge in [-0.05, 0) is 43.6 Å². The van der Waals surface area contributed by atoms with Crippen molar-refractivity contribution in [2.45, 2.75) is 39.5 Å². The van der Waals surface area contributed by atoms with Gasteiger partial charge in [0, 0.05) is 13.2 Å². The summed E-state index contributed by atoms with van der Waals surface area (Å²) >= 11 is 0. The lowest BCUT2D eigenvalue weighted by molar-refractivity contribution is 0.00887. The van der Waals surface area contributed by atoms with Crippen LogP contribution in [0.4, 0.5) is 0 Å². The highest BCUT2D eigenvalue weighted by Crippen LogP contribution is 2.39.